The van der Waals surface area contributed by atoms with E-state index in [1.165, 1.54) is 0 Å². The summed E-state index contributed by atoms with van der Waals surface area (Å²) in [4.78, 5) is 25.9. The van der Waals surface area contributed by atoms with Crippen LogP contribution in [0.25, 0.3) is 0 Å². The van der Waals surface area contributed by atoms with E-state index in [0.29, 0.717) is 31.0 Å². The Bertz CT molecular complexity index is 529. The van der Waals surface area contributed by atoms with Crippen molar-refractivity contribution < 1.29 is 9.59 Å². The van der Waals surface area contributed by atoms with Gasteiger partial charge in [0.1, 0.15) is 0 Å². The third kappa shape index (κ3) is 3.07. The van der Waals surface area contributed by atoms with E-state index in [0.717, 1.165) is 25.8 Å². The summed E-state index contributed by atoms with van der Waals surface area (Å²) in [5.74, 6) is -0.628. The zero-order chi connectivity index (χ0) is 14.8. The summed E-state index contributed by atoms with van der Waals surface area (Å²) >= 11 is 0. The van der Waals surface area contributed by atoms with Crippen molar-refractivity contribution in [2.45, 2.75) is 44.8 Å². The van der Waals surface area contributed by atoms with Gasteiger partial charge in [0, 0.05) is 44.0 Å². The van der Waals surface area contributed by atoms with Crippen molar-refractivity contribution >= 4 is 17.6 Å². The fourth-order valence-electron chi connectivity index (χ4n) is 3.06. The molecular formula is C14H21N5O2. The lowest BCUT2D eigenvalue weighted by Gasteiger charge is -2.32. The molecule has 0 spiro atoms. The van der Waals surface area contributed by atoms with E-state index in [4.69, 9.17) is 0 Å². The van der Waals surface area contributed by atoms with Crippen LogP contribution in [0.3, 0.4) is 0 Å². The molecule has 3 rings (SSSR count). The Balaban J connectivity index is 1.58. The Morgan fingerprint density at radius 2 is 2.10 bits per heavy atom. The third-order valence-electron chi connectivity index (χ3n) is 4.03. The number of nitrogens with one attached hydrogen (secondary N) is 2. The fourth-order valence-corrected chi connectivity index (χ4v) is 3.06. The van der Waals surface area contributed by atoms with Gasteiger partial charge < -0.3 is 15.5 Å². The standard InChI is InChI=1S/C14H21N5O2/c1-2-6-19-7-5-12(17-19)16-13(20)14(21)18-8-10-3-4-11(9-18)15-10/h5,7,10-11,15H,2-4,6,8-9H2,1H3,(H,16,17,20). The summed E-state index contributed by atoms with van der Waals surface area (Å²) in [6.45, 7) is 4.09. The number of carbonyl (C=O) groups is 2. The second-order valence-electron chi connectivity index (χ2n) is 5.77. The quantitative estimate of drug-likeness (QED) is 0.780. The fraction of sp³-hybridized carbons (Fsp3) is 0.643. The number of hydrogen-bond donors (Lipinski definition) is 2. The first-order valence-electron chi connectivity index (χ1n) is 7.55. The molecule has 2 N–H and O–H groups in total. The van der Waals surface area contributed by atoms with Crippen molar-refractivity contribution in [3.63, 3.8) is 0 Å². The predicted octanol–water partition coefficient (Wildman–Crippen LogP) is 0.194. The topological polar surface area (TPSA) is 79.3 Å². The second kappa shape index (κ2) is 5.85. The number of nitrogens with zero attached hydrogens (tertiary/aromatic N) is 3. The van der Waals surface area contributed by atoms with E-state index in [2.05, 4.69) is 22.7 Å². The largest absolute Gasteiger partial charge is 0.331 e. The van der Waals surface area contributed by atoms with Crippen LogP contribution in [0, 0.1) is 0 Å². The summed E-state index contributed by atoms with van der Waals surface area (Å²) < 4.78 is 1.76. The third-order valence-corrected chi connectivity index (χ3v) is 4.03. The van der Waals surface area contributed by atoms with Gasteiger partial charge in [-0.1, -0.05) is 6.92 Å². The van der Waals surface area contributed by atoms with Crippen molar-refractivity contribution in [2.75, 3.05) is 18.4 Å². The average Bonchev–Trinajstić information content (AvgIpc) is 3.05. The van der Waals surface area contributed by atoms with Gasteiger partial charge in [0.2, 0.25) is 0 Å². The van der Waals surface area contributed by atoms with E-state index in [-0.39, 0.29) is 0 Å². The zero-order valence-corrected chi connectivity index (χ0v) is 12.2. The minimum absolute atomic E-state index is 0.337. The number of likely N-dealkylation sites (tertiary alicyclic amines) is 1. The minimum Gasteiger partial charge on any atom is -0.331 e. The second-order valence-corrected chi connectivity index (χ2v) is 5.77. The molecule has 2 fully saturated rings. The van der Waals surface area contributed by atoms with Crippen molar-refractivity contribution in [1.29, 1.82) is 0 Å². The Morgan fingerprint density at radius 3 is 2.76 bits per heavy atom. The molecule has 0 aromatic carbocycles. The predicted molar refractivity (Wildman–Crippen MR) is 77.7 cm³/mol. The molecule has 2 saturated heterocycles. The molecule has 2 atom stereocenters. The van der Waals surface area contributed by atoms with Crippen LogP contribution < -0.4 is 10.6 Å². The van der Waals surface area contributed by atoms with Crippen molar-refractivity contribution in [3.8, 4) is 0 Å². The molecule has 21 heavy (non-hydrogen) atoms. The van der Waals surface area contributed by atoms with Gasteiger partial charge in [-0.2, -0.15) is 5.10 Å². The summed E-state index contributed by atoms with van der Waals surface area (Å²) in [5.41, 5.74) is 0. The molecule has 2 aliphatic rings. The van der Waals surface area contributed by atoms with E-state index in [9.17, 15) is 9.59 Å². The SMILES string of the molecule is CCCn1ccc(NC(=O)C(=O)N2CC3CCC(C2)N3)n1. The van der Waals surface area contributed by atoms with Crippen molar-refractivity contribution in [2.24, 2.45) is 0 Å². The first-order valence-corrected chi connectivity index (χ1v) is 7.55. The molecule has 7 heteroatoms. The molecular weight excluding hydrogens is 270 g/mol. The minimum atomic E-state index is -0.599. The normalized spacial score (nSPS) is 24.1. The van der Waals surface area contributed by atoms with Gasteiger partial charge in [0.15, 0.2) is 5.82 Å². The first kappa shape index (κ1) is 14.1. The Morgan fingerprint density at radius 1 is 1.38 bits per heavy atom. The molecule has 2 amide bonds. The van der Waals surface area contributed by atoms with Crippen LogP contribution in [0.1, 0.15) is 26.2 Å². The number of fused-ring (bicyclic) bond motifs is 2. The van der Waals surface area contributed by atoms with Gasteiger partial charge in [-0.3, -0.25) is 14.3 Å². The first-order chi connectivity index (χ1) is 10.2. The van der Waals surface area contributed by atoms with Crippen LogP contribution in [-0.4, -0.2) is 51.7 Å². The lowest BCUT2D eigenvalue weighted by Crippen LogP contribution is -2.55. The molecule has 0 radical (unpaired) electrons. The van der Waals surface area contributed by atoms with Gasteiger partial charge in [0.25, 0.3) is 0 Å². The molecule has 1 aromatic rings. The average molecular weight is 291 g/mol. The smallest absolute Gasteiger partial charge is 0.315 e. The number of anilines is 1. The number of rotatable bonds is 3. The van der Waals surface area contributed by atoms with Crippen molar-refractivity contribution in [3.05, 3.63) is 12.3 Å². The Labute approximate surface area is 123 Å². The van der Waals surface area contributed by atoms with Crippen LogP contribution in [0.5, 0.6) is 0 Å². The Kier molecular flexibility index (Phi) is 3.92. The van der Waals surface area contributed by atoms with E-state index in [1.807, 2.05) is 0 Å². The summed E-state index contributed by atoms with van der Waals surface area (Å²) in [5, 5.41) is 10.2. The lowest BCUT2D eigenvalue weighted by molar-refractivity contribution is -0.144. The van der Waals surface area contributed by atoms with Crippen LogP contribution in [0.4, 0.5) is 5.82 Å². The molecule has 0 saturated carbocycles. The number of piperazine rings is 1. The highest BCUT2D eigenvalue weighted by Crippen LogP contribution is 2.20. The summed E-state index contributed by atoms with van der Waals surface area (Å²) in [7, 11) is 0. The number of carbonyl (C=O) groups excluding carboxylic acids is 2. The number of aromatic nitrogens is 2. The molecule has 3 heterocycles. The van der Waals surface area contributed by atoms with Crippen LogP contribution in [0.2, 0.25) is 0 Å². The van der Waals surface area contributed by atoms with Gasteiger partial charge >= 0.3 is 11.8 Å². The van der Waals surface area contributed by atoms with Gasteiger partial charge in [-0.25, -0.2) is 0 Å². The van der Waals surface area contributed by atoms with Crippen LogP contribution >= 0.6 is 0 Å². The molecule has 2 bridgehead atoms. The van der Waals surface area contributed by atoms with E-state index < -0.39 is 11.8 Å². The number of aryl methyl sites for hydroxylation is 1. The summed E-state index contributed by atoms with van der Waals surface area (Å²) in [6, 6.07) is 2.39. The highest BCUT2D eigenvalue weighted by atomic mass is 16.2. The maximum absolute atomic E-state index is 12.2. The van der Waals surface area contributed by atoms with Gasteiger partial charge in [-0.15, -0.1) is 0 Å². The van der Waals surface area contributed by atoms with Crippen molar-refractivity contribution in [1.82, 2.24) is 20.0 Å². The number of hydrogen-bond acceptors (Lipinski definition) is 4. The maximum atomic E-state index is 12.2. The van der Waals surface area contributed by atoms with Crippen LogP contribution in [-0.2, 0) is 16.1 Å². The highest BCUT2D eigenvalue weighted by molar-refractivity contribution is 6.39. The summed E-state index contributed by atoms with van der Waals surface area (Å²) in [6.07, 6.45) is 4.93. The van der Waals surface area contributed by atoms with Crippen LogP contribution in [0.15, 0.2) is 12.3 Å². The van der Waals surface area contributed by atoms with E-state index in [1.54, 1.807) is 21.8 Å². The molecule has 0 aliphatic carbocycles. The highest BCUT2D eigenvalue weighted by Gasteiger charge is 2.36. The van der Waals surface area contributed by atoms with Gasteiger partial charge in [-0.05, 0) is 19.3 Å². The monoisotopic (exact) mass is 291 g/mol. The maximum Gasteiger partial charge on any atom is 0.315 e. The molecule has 114 valence electrons. The van der Waals surface area contributed by atoms with E-state index >= 15 is 0 Å². The molecule has 2 aliphatic heterocycles. The lowest BCUT2D eigenvalue weighted by atomic mass is 10.2. The number of amides is 2. The van der Waals surface area contributed by atoms with Gasteiger partial charge in [0.05, 0.1) is 0 Å². The molecule has 7 nitrogen and oxygen atoms in total. The molecule has 2 unspecified atom stereocenters. The molecule has 1 aromatic heterocycles. The zero-order valence-electron chi connectivity index (χ0n) is 12.2. The Hall–Kier alpha value is -1.89.